The molecule has 0 bridgehead atoms. The van der Waals surface area contributed by atoms with Gasteiger partial charge >= 0.3 is 6.03 Å². The molecule has 1 saturated heterocycles. The summed E-state index contributed by atoms with van der Waals surface area (Å²) in [5, 5.41) is 3.43. The third-order valence-corrected chi connectivity index (χ3v) is 6.49. The number of nitrogens with one attached hydrogen (secondary N) is 1. The summed E-state index contributed by atoms with van der Waals surface area (Å²) in [6.45, 7) is 0.619. The highest BCUT2D eigenvalue weighted by molar-refractivity contribution is 6.30. The number of rotatable bonds is 6. The summed E-state index contributed by atoms with van der Waals surface area (Å²) < 4.78 is 15.5. The summed E-state index contributed by atoms with van der Waals surface area (Å²) in [6, 6.07) is 10.4. The van der Waals surface area contributed by atoms with Crippen molar-refractivity contribution in [2.75, 3.05) is 13.1 Å². The minimum Gasteiger partial charge on any atom is -0.351 e. The Kier molecular flexibility index (Phi) is 6.85. The van der Waals surface area contributed by atoms with E-state index >= 15 is 0 Å². The molecule has 34 heavy (non-hydrogen) atoms. The van der Waals surface area contributed by atoms with Crippen LogP contribution in [0.5, 0.6) is 0 Å². The van der Waals surface area contributed by atoms with E-state index in [0.29, 0.717) is 30.6 Å². The van der Waals surface area contributed by atoms with E-state index < -0.39 is 17.9 Å². The van der Waals surface area contributed by atoms with Crippen molar-refractivity contribution in [2.45, 2.75) is 25.4 Å². The van der Waals surface area contributed by atoms with Crippen LogP contribution in [-0.4, -0.2) is 46.4 Å². The Balaban J connectivity index is 1.52. The Hall–Kier alpha value is -3.43. The van der Waals surface area contributed by atoms with Gasteiger partial charge in [0.25, 0.3) is 0 Å². The van der Waals surface area contributed by atoms with E-state index in [2.05, 4.69) is 5.32 Å². The van der Waals surface area contributed by atoms with Crippen molar-refractivity contribution < 1.29 is 18.8 Å². The zero-order valence-electron chi connectivity index (χ0n) is 18.3. The van der Waals surface area contributed by atoms with Crippen LogP contribution in [0.3, 0.4) is 0 Å². The average molecular weight is 486 g/mol. The normalized spacial score (nSPS) is 17.8. The van der Waals surface area contributed by atoms with Gasteiger partial charge in [0.05, 0.1) is 17.0 Å². The summed E-state index contributed by atoms with van der Waals surface area (Å²) in [4.78, 5) is 39.6. The number of hydrogen-bond donors (Lipinski definition) is 3. The Morgan fingerprint density at radius 2 is 1.88 bits per heavy atom. The van der Waals surface area contributed by atoms with Crippen molar-refractivity contribution in [1.29, 1.82) is 0 Å². The Labute approximate surface area is 200 Å². The molecular weight excluding hydrogens is 461 g/mol. The average Bonchev–Trinajstić information content (AvgIpc) is 3.42. The zero-order chi connectivity index (χ0) is 24.4. The highest BCUT2D eigenvalue weighted by Gasteiger charge is 2.39. The third kappa shape index (κ3) is 4.62. The maximum atomic E-state index is 14.2. The van der Waals surface area contributed by atoms with Crippen LogP contribution in [0.15, 0.2) is 48.7 Å². The van der Waals surface area contributed by atoms with E-state index in [1.807, 2.05) is 12.1 Å². The molecule has 4 rings (SSSR count). The number of amides is 3. The summed E-state index contributed by atoms with van der Waals surface area (Å²) in [7, 11) is 0. The van der Waals surface area contributed by atoms with Gasteiger partial charge in [-0.05, 0) is 36.6 Å². The van der Waals surface area contributed by atoms with Crippen LogP contribution >= 0.6 is 11.6 Å². The Morgan fingerprint density at radius 3 is 2.62 bits per heavy atom. The number of benzene rings is 2. The van der Waals surface area contributed by atoms with Crippen LogP contribution in [0, 0.1) is 11.7 Å². The van der Waals surface area contributed by atoms with E-state index in [4.69, 9.17) is 23.1 Å². The highest BCUT2D eigenvalue weighted by atomic mass is 35.5. The maximum Gasteiger partial charge on any atom is 0.323 e. The molecule has 2 heterocycles. The van der Waals surface area contributed by atoms with Crippen molar-refractivity contribution in [3.63, 3.8) is 0 Å². The quantitative estimate of drug-likeness (QED) is 0.496. The molecule has 0 aliphatic carbocycles. The molecule has 178 valence electrons. The highest BCUT2D eigenvalue weighted by Crippen LogP contribution is 2.27. The lowest BCUT2D eigenvalue weighted by atomic mass is 10.1. The number of fused-ring (bicyclic) bond motifs is 1. The second kappa shape index (κ2) is 9.82. The van der Waals surface area contributed by atoms with Crippen molar-refractivity contribution >= 4 is 40.3 Å². The number of hydrogen-bond acceptors (Lipinski definition) is 4. The summed E-state index contributed by atoms with van der Waals surface area (Å²) in [5.74, 6) is -1.27. The first-order valence-electron chi connectivity index (χ1n) is 10.9. The summed E-state index contributed by atoms with van der Waals surface area (Å²) >= 11 is 5.81. The third-order valence-electron chi connectivity index (χ3n) is 6.20. The zero-order valence-corrected chi connectivity index (χ0v) is 19.1. The monoisotopic (exact) mass is 485 g/mol. The van der Waals surface area contributed by atoms with Gasteiger partial charge in [-0.15, -0.1) is 0 Å². The van der Waals surface area contributed by atoms with Gasteiger partial charge in [0.15, 0.2) is 0 Å². The van der Waals surface area contributed by atoms with Crippen LogP contribution in [0.1, 0.15) is 17.5 Å². The first kappa shape index (κ1) is 23.7. The summed E-state index contributed by atoms with van der Waals surface area (Å²) in [5.41, 5.74) is 12.8. The molecule has 1 fully saturated rings. The number of nitrogens with two attached hydrogens (primary N) is 2. The molecule has 5 N–H and O–H groups in total. The molecule has 10 heteroatoms. The first-order valence-corrected chi connectivity index (χ1v) is 11.3. The van der Waals surface area contributed by atoms with Gasteiger partial charge in [-0.1, -0.05) is 41.9 Å². The molecule has 3 aromatic rings. The number of aromatic nitrogens is 1. The number of likely N-dealkylation sites (tertiary alicyclic amines) is 1. The molecule has 3 amide bonds. The van der Waals surface area contributed by atoms with Gasteiger partial charge in [-0.25, -0.2) is 9.18 Å². The van der Waals surface area contributed by atoms with Crippen LogP contribution in [0.4, 0.5) is 9.18 Å². The minimum absolute atomic E-state index is 0.00914. The topological polar surface area (TPSA) is 123 Å². The van der Waals surface area contributed by atoms with Gasteiger partial charge in [-0.2, -0.15) is 0 Å². The Morgan fingerprint density at radius 1 is 1.12 bits per heavy atom. The molecule has 2 aromatic carbocycles. The van der Waals surface area contributed by atoms with Gasteiger partial charge in [0, 0.05) is 30.2 Å². The van der Waals surface area contributed by atoms with E-state index in [9.17, 15) is 18.8 Å². The molecule has 2 unspecified atom stereocenters. The van der Waals surface area contributed by atoms with Crippen LogP contribution in [0.25, 0.3) is 10.9 Å². The van der Waals surface area contributed by atoms with Crippen molar-refractivity contribution in [2.24, 2.45) is 17.4 Å². The number of halogens is 2. The molecule has 0 radical (unpaired) electrons. The molecular formula is C24H25ClFN5O3. The maximum absolute atomic E-state index is 14.2. The van der Waals surface area contributed by atoms with Crippen LogP contribution < -0.4 is 16.8 Å². The second-order valence-electron chi connectivity index (χ2n) is 8.39. The van der Waals surface area contributed by atoms with Crippen LogP contribution in [0.2, 0.25) is 5.02 Å². The molecule has 1 aromatic heterocycles. The van der Waals surface area contributed by atoms with E-state index in [-0.39, 0.29) is 41.3 Å². The lowest BCUT2D eigenvalue weighted by Crippen LogP contribution is -2.46. The fraction of sp³-hybridized carbons (Fsp3) is 0.292. The standard InChI is InChI=1S/C24H25ClFN5O3/c25-18-6-3-4-15(22(18)26)11-29-23(33)20-8-14(10-27)12-30(20)21(32)9-16-13-31(24(28)34)19-7-2-1-5-17(16)19/h1-7,13-14,20H,8-12,27H2,(H2,28,34)(H,29,33). The van der Waals surface area contributed by atoms with Gasteiger partial charge < -0.3 is 21.7 Å². The van der Waals surface area contributed by atoms with Gasteiger partial charge in [-0.3, -0.25) is 14.2 Å². The Bertz CT molecular complexity index is 1260. The first-order chi connectivity index (χ1) is 16.3. The predicted molar refractivity (Wildman–Crippen MR) is 127 cm³/mol. The largest absolute Gasteiger partial charge is 0.351 e. The molecule has 1 aliphatic heterocycles. The fourth-order valence-corrected chi connectivity index (χ4v) is 4.63. The van der Waals surface area contributed by atoms with Crippen LogP contribution in [-0.2, 0) is 22.6 Å². The minimum atomic E-state index is -0.729. The lowest BCUT2D eigenvalue weighted by molar-refractivity contribution is -0.138. The number of primary amides is 1. The smallest absolute Gasteiger partial charge is 0.323 e. The number of nitrogens with zero attached hydrogens (tertiary/aromatic N) is 2. The predicted octanol–water partition coefficient (Wildman–Crippen LogP) is 2.40. The fourth-order valence-electron chi connectivity index (χ4n) is 4.44. The molecule has 1 aliphatic rings. The number of carbonyl (C=O) groups excluding carboxylic acids is 3. The summed E-state index contributed by atoms with van der Waals surface area (Å²) in [6.07, 6.45) is 1.96. The van der Waals surface area contributed by atoms with Crippen molar-refractivity contribution in [1.82, 2.24) is 14.8 Å². The lowest BCUT2D eigenvalue weighted by Gasteiger charge is -2.24. The molecule has 0 saturated carbocycles. The van der Waals surface area contributed by atoms with Gasteiger partial charge in [0.1, 0.15) is 11.9 Å². The van der Waals surface area contributed by atoms with E-state index in [1.165, 1.54) is 21.6 Å². The number of carbonyl (C=O) groups is 3. The van der Waals surface area contributed by atoms with E-state index in [1.54, 1.807) is 24.4 Å². The molecule has 0 spiro atoms. The SMILES string of the molecule is NCC1CC(C(=O)NCc2cccc(Cl)c2F)N(C(=O)Cc2cn(C(N)=O)c3ccccc23)C1. The second-order valence-corrected chi connectivity index (χ2v) is 8.79. The molecule has 2 atom stereocenters. The van der Waals surface area contributed by atoms with Crippen molar-refractivity contribution in [3.8, 4) is 0 Å². The number of para-hydroxylation sites is 1. The molecule has 8 nitrogen and oxygen atoms in total. The van der Waals surface area contributed by atoms with E-state index in [0.717, 1.165) is 5.39 Å². The van der Waals surface area contributed by atoms with Gasteiger partial charge in [0.2, 0.25) is 11.8 Å². The van der Waals surface area contributed by atoms with Crippen molar-refractivity contribution in [3.05, 3.63) is 70.6 Å².